The average molecular weight is 338 g/mol. The summed E-state index contributed by atoms with van der Waals surface area (Å²) in [6, 6.07) is 4.64. The van der Waals surface area contributed by atoms with Gasteiger partial charge in [0.2, 0.25) is 0 Å². The summed E-state index contributed by atoms with van der Waals surface area (Å²) < 4.78 is 55.1. The van der Waals surface area contributed by atoms with E-state index in [1.165, 1.54) is 16.8 Å². The van der Waals surface area contributed by atoms with E-state index in [2.05, 4.69) is 10.1 Å². The molecule has 0 unspecified atom stereocenters. The Bertz CT molecular complexity index is 1020. The van der Waals surface area contributed by atoms with Gasteiger partial charge in [0.05, 0.1) is 11.4 Å². The van der Waals surface area contributed by atoms with E-state index >= 15 is 0 Å². The first kappa shape index (κ1) is 15.3. The molecule has 0 aliphatic rings. The number of benzene rings is 1. The molecule has 3 aromatic rings. The number of fused-ring (bicyclic) bond motifs is 1. The van der Waals surface area contributed by atoms with Gasteiger partial charge >= 0.3 is 0 Å². The van der Waals surface area contributed by atoms with Gasteiger partial charge in [-0.25, -0.2) is 22.2 Å². The Morgan fingerprint density at radius 3 is 2.74 bits per heavy atom. The molecule has 9 heteroatoms. The minimum Gasteiger partial charge on any atom is -0.276 e. The number of anilines is 1. The van der Waals surface area contributed by atoms with Gasteiger partial charge in [0.25, 0.3) is 10.0 Å². The van der Waals surface area contributed by atoms with Gasteiger partial charge in [0, 0.05) is 18.6 Å². The molecule has 0 saturated carbocycles. The highest BCUT2D eigenvalue weighted by Crippen LogP contribution is 2.23. The van der Waals surface area contributed by atoms with Gasteiger partial charge in [0.1, 0.15) is 4.90 Å². The van der Waals surface area contributed by atoms with Crippen LogP contribution in [-0.2, 0) is 17.1 Å². The van der Waals surface area contributed by atoms with Crippen LogP contribution in [0.15, 0.2) is 35.4 Å². The average Bonchev–Trinajstić information content (AvgIpc) is 2.78. The summed E-state index contributed by atoms with van der Waals surface area (Å²) in [5, 5.41) is 4.72. The van der Waals surface area contributed by atoms with Gasteiger partial charge in [-0.1, -0.05) is 6.07 Å². The molecule has 0 saturated heterocycles. The van der Waals surface area contributed by atoms with Crippen molar-refractivity contribution in [3.8, 4) is 0 Å². The lowest BCUT2D eigenvalue weighted by atomic mass is 10.3. The maximum absolute atomic E-state index is 13.6. The van der Waals surface area contributed by atoms with Gasteiger partial charge in [-0.2, -0.15) is 5.10 Å². The number of rotatable bonds is 3. The Labute approximate surface area is 130 Å². The molecule has 0 fully saturated rings. The van der Waals surface area contributed by atoms with Crippen molar-refractivity contribution in [2.45, 2.75) is 11.8 Å². The topological polar surface area (TPSA) is 76.9 Å². The molecule has 0 radical (unpaired) electrons. The number of halogens is 2. The Morgan fingerprint density at radius 2 is 2.00 bits per heavy atom. The maximum atomic E-state index is 13.6. The van der Waals surface area contributed by atoms with E-state index in [0.717, 1.165) is 18.3 Å². The zero-order valence-electron chi connectivity index (χ0n) is 12.2. The van der Waals surface area contributed by atoms with E-state index in [1.807, 2.05) is 4.72 Å². The number of aromatic nitrogens is 3. The summed E-state index contributed by atoms with van der Waals surface area (Å²) in [5.41, 5.74) is 0.676. The fourth-order valence-corrected chi connectivity index (χ4v) is 3.25. The Hall–Kier alpha value is -2.55. The van der Waals surface area contributed by atoms with Crippen molar-refractivity contribution in [3.05, 3.63) is 47.8 Å². The summed E-state index contributed by atoms with van der Waals surface area (Å²) in [7, 11) is -2.42. The van der Waals surface area contributed by atoms with Crippen molar-refractivity contribution in [2.24, 2.45) is 7.05 Å². The standard InChI is InChI=1S/C14H12F2N4O2S/c1-8-10-6-9(7-17-14(10)20(2)18-8)23(21,22)19-12-5-3-4-11(15)13(12)16/h3-7,19H,1-2H3. The second kappa shape index (κ2) is 5.27. The number of nitrogens with one attached hydrogen (secondary N) is 1. The van der Waals surface area contributed by atoms with Crippen LogP contribution in [0.4, 0.5) is 14.5 Å². The van der Waals surface area contributed by atoms with E-state index in [1.54, 1.807) is 14.0 Å². The minimum absolute atomic E-state index is 0.162. The number of aryl methyl sites for hydroxylation is 2. The summed E-state index contributed by atoms with van der Waals surface area (Å²) in [6.07, 6.45) is 1.14. The Morgan fingerprint density at radius 1 is 1.26 bits per heavy atom. The normalized spacial score (nSPS) is 11.8. The first-order chi connectivity index (χ1) is 10.8. The molecule has 0 amide bonds. The first-order valence-corrected chi connectivity index (χ1v) is 8.04. The van der Waals surface area contributed by atoms with Crippen LogP contribution < -0.4 is 4.72 Å². The SMILES string of the molecule is Cc1nn(C)c2ncc(S(=O)(=O)Nc3cccc(F)c3F)cc12. The second-order valence-corrected chi connectivity index (χ2v) is 6.64. The molecule has 1 aromatic carbocycles. The molecule has 0 aliphatic carbocycles. The van der Waals surface area contributed by atoms with E-state index in [9.17, 15) is 17.2 Å². The van der Waals surface area contributed by atoms with Crippen molar-refractivity contribution < 1.29 is 17.2 Å². The molecule has 23 heavy (non-hydrogen) atoms. The number of nitrogens with zero attached hydrogens (tertiary/aromatic N) is 3. The summed E-state index contributed by atoms with van der Waals surface area (Å²) in [4.78, 5) is 3.90. The first-order valence-electron chi connectivity index (χ1n) is 6.56. The lowest BCUT2D eigenvalue weighted by molar-refractivity contribution is 0.511. The van der Waals surface area contributed by atoms with Gasteiger partial charge in [-0.05, 0) is 25.1 Å². The fourth-order valence-electron chi connectivity index (χ4n) is 2.22. The number of hydrogen-bond donors (Lipinski definition) is 1. The molecule has 2 heterocycles. The second-order valence-electron chi connectivity index (χ2n) is 4.96. The molecule has 0 spiro atoms. The van der Waals surface area contributed by atoms with Crippen LogP contribution in [0.3, 0.4) is 0 Å². The van der Waals surface area contributed by atoms with E-state index in [4.69, 9.17) is 0 Å². The molecular formula is C14H12F2N4O2S. The molecule has 0 bridgehead atoms. The highest BCUT2D eigenvalue weighted by Gasteiger charge is 2.20. The summed E-state index contributed by atoms with van der Waals surface area (Å²) in [6.45, 7) is 1.72. The van der Waals surface area contributed by atoms with E-state index in [-0.39, 0.29) is 4.90 Å². The van der Waals surface area contributed by atoms with Crippen LogP contribution in [0.2, 0.25) is 0 Å². The number of sulfonamides is 1. The third kappa shape index (κ3) is 2.63. The van der Waals surface area contributed by atoms with Crippen molar-refractivity contribution in [3.63, 3.8) is 0 Å². The predicted octanol–water partition coefficient (Wildman–Crippen LogP) is 2.36. The lowest BCUT2D eigenvalue weighted by Crippen LogP contribution is -2.14. The summed E-state index contributed by atoms with van der Waals surface area (Å²) in [5.74, 6) is -2.40. The molecule has 120 valence electrons. The van der Waals surface area contributed by atoms with Gasteiger partial charge in [-0.3, -0.25) is 9.40 Å². The minimum atomic E-state index is -4.11. The van der Waals surface area contributed by atoms with Gasteiger partial charge < -0.3 is 0 Å². The number of pyridine rings is 1. The van der Waals surface area contributed by atoms with Crippen LogP contribution in [0, 0.1) is 18.6 Å². The van der Waals surface area contributed by atoms with Crippen LogP contribution in [0.25, 0.3) is 11.0 Å². The fraction of sp³-hybridized carbons (Fsp3) is 0.143. The third-order valence-corrected chi connectivity index (χ3v) is 4.68. The van der Waals surface area contributed by atoms with E-state index < -0.39 is 27.3 Å². The molecule has 1 N–H and O–H groups in total. The molecular weight excluding hydrogens is 326 g/mol. The molecule has 6 nitrogen and oxygen atoms in total. The third-order valence-electron chi connectivity index (χ3n) is 3.34. The van der Waals surface area contributed by atoms with E-state index in [0.29, 0.717) is 16.7 Å². The highest BCUT2D eigenvalue weighted by molar-refractivity contribution is 7.92. The predicted molar refractivity (Wildman–Crippen MR) is 80.4 cm³/mol. The highest BCUT2D eigenvalue weighted by atomic mass is 32.2. The van der Waals surface area contributed by atoms with Crippen molar-refractivity contribution in [1.82, 2.24) is 14.8 Å². The van der Waals surface area contributed by atoms with Crippen LogP contribution in [0.1, 0.15) is 5.69 Å². The number of hydrogen-bond acceptors (Lipinski definition) is 4. The van der Waals surface area contributed by atoms with Gasteiger partial charge in [-0.15, -0.1) is 0 Å². The van der Waals surface area contributed by atoms with Crippen LogP contribution >= 0.6 is 0 Å². The maximum Gasteiger partial charge on any atom is 0.263 e. The van der Waals surface area contributed by atoms with Crippen LogP contribution in [-0.4, -0.2) is 23.2 Å². The van der Waals surface area contributed by atoms with Gasteiger partial charge in [0.15, 0.2) is 17.3 Å². The van der Waals surface area contributed by atoms with Crippen molar-refractivity contribution in [2.75, 3.05) is 4.72 Å². The van der Waals surface area contributed by atoms with Crippen molar-refractivity contribution >= 4 is 26.7 Å². The molecule has 0 aliphatic heterocycles. The monoisotopic (exact) mass is 338 g/mol. The Kier molecular flexibility index (Phi) is 3.52. The molecule has 0 atom stereocenters. The summed E-state index contributed by atoms with van der Waals surface area (Å²) >= 11 is 0. The zero-order valence-corrected chi connectivity index (χ0v) is 13.0. The lowest BCUT2D eigenvalue weighted by Gasteiger charge is -2.09. The largest absolute Gasteiger partial charge is 0.276 e. The zero-order chi connectivity index (χ0) is 16.8. The quantitative estimate of drug-likeness (QED) is 0.795. The molecule has 3 rings (SSSR count). The smallest absolute Gasteiger partial charge is 0.263 e. The molecule has 2 aromatic heterocycles. The van der Waals surface area contributed by atoms with Crippen LogP contribution in [0.5, 0.6) is 0 Å². The Balaban J connectivity index is 2.06. The van der Waals surface area contributed by atoms with Crippen molar-refractivity contribution in [1.29, 1.82) is 0 Å².